The number of aliphatic carboxylic acids is 1. The summed E-state index contributed by atoms with van der Waals surface area (Å²) in [4.78, 5) is 26.3. The van der Waals surface area contributed by atoms with Crippen LogP contribution < -0.4 is 5.69 Å². The molecule has 3 N–H and O–H groups in total. The minimum absolute atomic E-state index is 0.0397. The third-order valence-corrected chi connectivity index (χ3v) is 3.29. The number of aryl methyl sites for hydroxylation is 2. The number of carbonyl (C=O) groups is 1. The fourth-order valence-electron chi connectivity index (χ4n) is 2.21. The van der Waals surface area contributed by atoms with Crippen LogP contribution >= 0.6 is 0 Å². The lowest BCUT2D eigenvalue weighted by Crippen LogP contribution is -2.24. The first-order valence-electron chi connectivity index (χ1n) is 6.55. The molecule has 1 aromatic carbocycles. The summed E-state index contributed by atoms with van der Waals surface area (Å²) in [6.07, 6.45) is 0.993. The summed E-state index contributed by atoms with van der Waals surface area (Å²) in [5.74, 6) is -1.47. The predicted molar refractivity (Wildman–Crippen MR) is 75.6 cm³/mol. The lowest BCUT2D eigenvalue weighted by Gasteiger charge is -2.12. The maximum atomic E-state index is 12.0. The number of hydrogen-bond donors (Lipinski definition) is 3. The molecule has 0 bridgehead atoms. The van der Waals surface area contributed by atoms with Gasteiger partial charge in [0.25, 0.3) is 0 Å². The number of rotatable bonds is 5. The van der Waals surface area contributed by atoms with Gasteiger partial charge in [-0.3, -0.25) is 9.36 Å². The fourth-order valence-corrected chi connectivity index (χ4v) is 2.21. The van der Waals surface area contributed by atoms with Crippen molar-refractivity contribution >= 4 is 16.9 Å². The van der Waals surface area contributed by atoms with Crippen molar-refractivity contribution in [3.63, 3.8) is 0 Å². The third-order valence-electron chi connectivity index (χ3n) is 3.29. The number of phenols is 2. The summed E-state index contributed by atoms with van der Waals surface area (Å²) in [5, 5.41) is 28.3. The van der Waals surface area contributed by atoms with E-state index in [1.54, 1.807) is 6.92 Å². The Kier molecular flexibility index (Phi) is 4.11. The van der Waals surface area contributed by atoms with E-state index in [0.717, 1.165) is 0 Å². The van der Waals surface area contributed by atoms with Crippen LogP contribution in [-0.2, 0) is 11.3 Å². The van der Waals surface area contributed by atoms with Gasteiger partial charge in [0.1, 0.15) is 0 Å². The molecule has 112 valence electrons. The molecule has 0 aliphatic heterocycles. The molecule has 0 spiro atoms. The molecule has 7 nitrogen and oxygen atoms in total. The highest BCUT2D eigenvalue weighted by Crippen LogP contribution is 2.30. The molecular weight excluding hydrogens is 276 g/mol. The molecule has 0 saturated heterocycles. The van der Waals surface area contributed by atoms with E-state index in [1.165, 1.54) is 16.7 Å². The van der Waals surface area contributed by atoms with Gasteiger partial charge in [-0.05, 0) is 25.8 Å². The minimum atomic E-state index is -0.878. The van der Waals surface area contributed by atoms with Crippen LogP contribution in [0.15, 0.2) is 16.9 Å². The van der Waals surface area contributed by atoms with Crippen LogP contribution in [0.5, 0.6) is 11.5 Å². The van der Waals surface area contributed by atoms with Crippen LogP contribution in [0.3, 0.4) is 0 Å². The van der Waals surface area contributed by atoms with Crippen molar-refractivity contribution in [3.8, 4) is 11.5 Å². The van der Waals surface area contributed by atoms with Crippen LogP contribution in [-0.4, -0.2) is 30.8 Å². The van der Waals surface area contributed by atoms with Gasteiger partial charge in [-0.25, -0.2) is 4.79 Å². The topological polar surface area (TPSA) is 113 Å². The number of aromatic hydroxyl groups is 2. The quantitative estimate of drug-likeness (QED) is 0.566. The smallest absolute Gasteiger partial charge is 0.348 e. The molecule has 0 aliphatic rings. The minimum Gasteiger partial charge on any atom is -0.504 e. The van der Waals surface area contributed by atoms with E-state index in [0.29, 0.717) is 36.0 Å². The first kappa shape index (κ1) is 14.8. The number of fused-ring (bicyclic) bond motifs is 1. The van der Waals surface area contributed by atoms with Crippen molar-refractivity contribution in [3.05, 3.63) is 28.3 Å². The number of phenolic OH excluding ortho intramolecular Hbond substituents is 2. The monoisotopic (exact) mass is 292 g/mol. The molecule has 0 atom stereocenters. The highest BCUT2D eigenvalue weighted by Gasteiger charge is 2.11. The number of unbranched alkanes of at least 4 members (excludes halogenated alkanes) is 1. The Labute approximate surface area is 120 Å². The van der Waals surface area contributed by atoms with Crippen LogP contribution in [0.1, 0.15) is 25.0 Å². The first-order chi connectivity index (χ1) is 9.90. The number of carboxylic acids is 1. The van der Waals surface area contributed by atoms with E-state index >= 15 is 0 Å². The van der Waals surface area contributed by atoms with Gasteiger partial charge in [0.2, 0.25) is 0 Å². The second-order valence-electron chi connectivity index (χ2n) is 4.84. The summed E-state index contributed by atoms with van der Waals surface area (Å²) in [7, 11) is 0. The highest BCUT2D eigenvalue weighted by atomic mass is 16.4. The van der Waals surface area contributed by atoms with E-state index in [1.807, 2.05) is 0 Å². The Balaban J connectivity index is 2.40. The largest absolute Gasteiger partial charge is 0.504 e. The van der Waals surface area contributed by atoms with Crippen LogP contribution in [0.25, 0.3) is 10.9 Å². The molecule has 0 radical (unpaired) electrons. The average molecular weight is 292 g/mol. The zero-order valence-corrected chi connectivity index (χ0v) is 11.5. The third kappa shape index (κ3) is 3.13. The highest BCUT2D eigenvalue weighted by molar-refractivity contribution is 5.84. The van der Waals surface area contributed by atoms with Gasteiger partial charge in [-0.2, -0.15) is 4.98 Å². The van der Waals surface area contributed by atoms with E-state index in [9.17, 15) is 19.8 Å². The van der Waals surface area contributed by atoms with E-state index in [2.05, 4.69) is 4.98 Å². The Bertz CT molecular complexity index is 751. The fraction of sp³-hybridized carbons (Fsp3) is 0.357. The zero-order chi connectivity index (χ0) is 15.6. The number of aromatic nitrogens is 2. The molecular formula is C14H16N2O5. The average Bonchev–Trinajstić information content (AvgIpc) is 2.40. The Morgan fingerprint density at radius 3 is 2.57 bits per heavy atom. The molecule has 0 fully saturated rings. The van der Waals surface area contributed by atoms with Crippen molar-refractivity contribution in [2.75, 3.05) is 0 Å². The zero-order valence-electron chi connectivity index (χ0n) is 11.5. The maximum Gasteiger partial charge on any atom is 0.348 e. The first-order valence-corrected chi connectivity index (χ1v) is 6.55. The molecule has 0 saturated carbocycles. The van der Waals surface area contributed by atoms with Crippen LogP contribution in [0, 0.1) is 6.92 Å². The Morgan fingerprint density at radius 2 is 1.90 bits per heavy atom. The molecule has 1 aromatic heterocycles. The SMILES string of the molecule is Cc1nc(=O)n(CCCCC(=O)O)c2cc(O)c(O)cc12. The summed E-state index contributed by atoms with van der Waals surface area (Å²) in [6, 6.07) is 2.68. The molecule has 2 rings (SSSR count). The Morgan fingerprint density at radius 1 is 1.24 bits per heavy atom. The van der Waals surface area contributed by atoms with Gasteiger partial charge in [-0.15, -0.1) is 0 Å². The lowest BCUT2D eigenvalue weighted by atomic mass is 10.1. The summed E-state index contributed by atoms with van der Waals surface area (Å²) in [5.41, 5.74) is 0.477. The molecule has 7 heteroatoms. The lowest BCUT2D eigenvalue weighted by molar-refractivity contribution is -0.137. The van der Waals surface area contributed by atoms with E-state index in [4.69, 9.17) is 5.11 Å². The van der Waals surface area contributed by atoms with Gasteiger partial charge in [0.15, 0.2) is 11.5 Å². The van der Waals surface area contributed by atoms with Gasteiger partial charge >= 0.3 is 11.7 Å². The summed E-state index contributed by atoms with van der Waals surface area (Å²) >= 11 is 0. The normalized spacial score (nSPS) is 10.9. The number of nitrogens with zero attached hydrogens (tertiary/aromatic N) is 2. The van der Waals surface area contributed by atoms with Gasteiger partial charge in [0, 0.05) is 24.4 Å². The summed E-state index contributed by atoms with van der Waals surface area (Å²) < 4.78 is 1.38. The predicted octanol–water partition coefficient (Wildman–Crippen LogP) is 1.37. The molecule has 1 heterocycles. The van der Waals surface area contributed by atoms with Crippen molar-refractivity contribution in [2.24, 2.45) is 0 Å². The van der Waals surface area contributed by atoms with E-state index < -0.39 is 11.7 Å². The molecule has 21 heavy (non-hydrogen) atoms. The van der Waals surface area contributed by atoms with Gasteiger partial charge in [0.05, 0.1) is 11.2 Å². The number of carboxylic acid groups (broad SMARTS) is 1. The molecule has 0 aliphatic carbocycles. The maximum absolute atomic E-state index is 12.0. The van der Waals surface area contributed by atoms with Gasteiger partial charge < -0.3 is 15.3 Å². The second-order valence-corrected chi connectivity index (χ2v) is 4.84. The summed E-state index contributed by atoms with van der Waals surface area (Å²) in [6.45, 7) is 1.95. The van der Waals surface area contributed by atoms with Crippen molar-refractivity contribution < 1.29 is 20.1 Å². The molecule has 0 amide bonds. The molecule has 0 unspecified atom stereocenters. The van der Waals surface area contributed by atoms with Crippen molar-refractivity contribution in [2.45, 2.75) is 32.7 Å². The standard InChI is InChI=1S/C14H16N2O5/c1-8-9-6-11(17)12(18)7-10(9)16(14(21)15-8)5-3-2-4-13(19)20/h6-7,17-18H,2-5H2,1H3,(H,19,20). The Hall–Kier alpha value is -2.57. The van der Waals surface area contributed by atoms with Gasteiger partial charge in [-0.1, -0.05) is 0 Å². The van der Waals surface area contributed by atoms with Crippen LogP contribution in [0.4, 0.5) is 0 Å². The number of benzene rings is 1. The van der Waals surface area contributed by atoms with Crippen molar-refractivity contribution in [1.82, 2.24) is 9.55 Å². The van der Waals surface area contributed by atoms with Crippen molar-refractivity contribution in [1.29, 1.82) is 0 Å². The molecule has 2 aromatic rings. The second kappa shape index (κ2) is 5.82. The number of hydrogen-bond acceptors (Lipinski definition) is 5. The van der Waals surface area contributed by atoms with Crippen LogP contribution in [0.2, 0.25) is 0 Å². The van der Waals surface area contributed by atoms with E-state index in [-0.39, 0.29) is 17.9 Å².